The molecule has 1 aromatic rings. The first-order valence-electron chi connectivity index (χ1n) is 5.08. The molecule has 0 saturated heterocycles. The van der Waals surface area contributed by atoms with Gasteiger partial charge in [0.1, 0.15) is 5.75 Å². The van der Waals surface area contributed by atoms with Crippen LogP contribution in [0, 0.1) is 0 Å². The first-order chi connectivity index (χ1) is 7.72. The van der Waals surface area contributed by atoms with E-state index in [0.29, 0.717) is 10.9 Å². The number of alkyl halides is 1. The number of hydrogen-bond donors (Lipinski definition) is 2. The van der Waals surface area contributed by atoms with Crippen LogP contribution in [-0.4, -0.2) is 13.0 Å². The summed E-state index contributed by atoms with van der Waals surface area (Å²) < 4.78 is 5.28. The first kappa shape index (κ1) is 13.6. The van der Waals surface area contributed by atoms with Crippen molar-refractivity contribution in [1.82, 2.24) is 5.43 Å². The molecule has 0 radical (unpaired) electrons. The van der Waals surface area contributed by atoms with Crippen LogP contribution in [0.1, 0.15) is 24.4 Å². The van der Waals surface area contributed by atoms with Crippen molar-refractivity contribution in [2.75, 3.05) is 13.0 Å². The topological polar surface area (TPSA) is 47.3 Å². The van der Waals surface area contributed by atoms with Crippen molar-refractivity contribution in [3.05, 3.63) is 28.8 Å². The van der Waals surface area contributed by atoms with Gasteiger partial charge in [0, 0.05) is 22.5 Å². The SMILES string of the molecule is COc1ccc(Cl)cc1C(CCCCl)NN. The Morgan fingerprint density at radius 1 is 1.50 bits per heavy atom. The third kappa shape index (κ3) is 3.52. The Bertz CT molecular complexity index is 334. The molecule has 0 amide bonds. The van der Waals surface area contributed by atoms with Gasteiger partial charge in [-0.25, -0.2) is 0 Å². The molecule has 1 unspecified atom stereocenters. The van der Waals surface area contributed by atoms with E-state index in [4.69, 9.17) is 33.8 Å². The van der Waals surface area contributed by atoms with E-state index in [1.807, 2.05) is 12.1 Å². The van der Waals surface area contributed by atoms with E-state index in [-0.39, 0.29) is 6.04 Å². The number of methoxy groups -OCH3 is 1. The molecule has 0 aliphatic carbocycles. The smallest absolute Gasteiger partial charge is 0.123 e. The molecule has 0 saturated carbocycles. The van der Waals surface area contributed by atoms with E-state index in [0.717, 1.165) is 24.2 Å². The summed E-state index contributed by atoms with van der Waals surface area (Å²) in [4.78, 5) is 0. The lowest BCUT2D eigenvalue weighted by Crippen LogP contribution is -2.28. The van der Waals surface area contributed by atoms with Crippen LogP contribution < -0.4 is 16.0 Å². The third-order valence-electron chi connectivity index (χ3n) is 2.39. The van der Waals surface area contributed by atoms with Gasteiger partial charge in [-0.2, -0.15) is 0 Å². The second-order valence-electron chi connectivity index (χ2n) is 3.44. The predicted octanol–water partition coefficient (Wildman–Crippen LogP) is 2.87. The summed E-state index contributed by atoms with van der Waals surface area (Å²) in [5.74, 6) is 6.92. The highest BCUT2D eigenvalue weighted by Gasteiger charge is 2.14. The summed E-state index contributed by atoms with van der Waals surface area (Å²) in [5, 5.41) is 0.668. The fourth-order valence-corrected chi connectivity index (χ4v) is 1.92. The zero-order valence-electron chi connectivity index (χ0n) is 9.17. The zero-order chi connectivity index (χ0) is 12.0. The molecule has 0 aliphatic heterocycles. The molecule has 1 rings (SSSR count). The number of benzene rings is 1. The lowest BCUT2D eigenvalue weighted by Gasteiger charge is -2.18. The standard InChI is InChI=1S/C11H16Cl2N2O/c1-16-11-5-4-8(13)7-9(11)10(15-14)3-2-6-12/h4-5,7,10,15H,2-3,6,14H2,1H3. The molecule has 1 atom stereocenters. The lowest BCUT2D eigenvalue weighted by molar-refractivity contribution is 0.395. The Balaban J connectivity index is 2.92. The van der Waals surface area contributed by atoms with Gasteiger partial charge in [-0.15, -0.1) is 11.6 Å². The highest BCUT2D eigenvalue weighted by atomic mass is 35.5. The molecule has 0 bridgehead atoms. The maximum Gasteiger partial charge on any atom is 0.123 e. The number of nitrogens with two attached hydrogens (primary N) is 1. The average molecular weight is 263 g/mol. The number of hydrogen-bond acceptors (Lipinski definition) is 3. The summed E-state index contributed by atoms with van der Waals surface area (Å²) in [6.07, 6.45) is 1.72. The minimum absolute atomic E-state index is 0.00685. The molecule has 5 heteroatoms. The van der Waals surface area contributed by atoms with Gasteiger partial charge in [-0.1, -0.05) is 11.6 Å². The monoisotopic (exact) mass is 262 g/mol. The molecule has 90 valence electrons. The van der Waals surface area contributed by atoms with Crippen molar-refractivity contribution >= 4 is 23.2 Å². The highest BCUT2D eigenvalue weighted by molar-refractivity contribution is 6.30. The molecule has 0 aliphatic rings. The average Bonchev–Trinajstić information content (AvgIpc) is 2.30. The normalized spacial score (nSPS) is 12.5. The largest absolute Gasteiger partial charge is 0.496 e. The molecular weight excluding hydrogens is 247 g/mol. The summed E-state index contributed by atoms with van der Waals surface area (Å²) >= 11 is 11.6. The molecule has 16 heavy (non-hydrogen) atoms. The van der Waals surface area contributed by atoms with Crippen LogP contribution >= 0.6 is 23.2 Å². The molecule has 3 nitrogen and oxygen atoms in total. The number of nitrogens with one attached hydrogen (secondary N) is 1. The van der Waals surface area contributed by atoms with Crippen LogP contribution in [0.4, 0.5) is 0 Å². The van der Waals surface area contributed by atoms with Crippen LogP contribution in [0.5, 0.6) is 5.75 Å². The maximum absolute atomic E-state index is 5.96. The molecule has 1 aromatic carbocycles. The Morgan fingerprint density at radius 3 is 2.81 bits per heavy atom. The van der Waals surface area contributed by atoms with Crippen molar-refractivity contribution in [2.24, 2.45) is 5.84 Å². The fourth-order valence-electron chi connectivity index (χ4n) is 1.59. The maximum atomic E-state index is 5.96. The van der Waals surface area contributed by atoms with Crippen LogP contribution in [0.25, 0.3) is 0 Å². The van der Waals surface area contributed by atoms with Gasteiger partial charge < -0.3 is 4.74 Å². The van der Waals surface area contributed by atoms with Gasteiger partial charge in [-0.05, 0) is 31.0 Å². The van der Waals surface area contributed by atoms with Crippen LogP contribution in [0.3, 0.4) is 0 Å². The van der Waals surface area contributed by atoms with Gasteiger partial charge in [-0.3, -0.25) is 11.3 Å². The quantitative estimate of drug-likeness (QED) is 0.471. The highest BCUT2D eigenvalue weighted by Crippen LogP contribution is 2.30. The van der Waals surface area contributed by atoms with Crippen molar-refractivity contribution in [3.8, 4) is 5.75 Å². The van der Waals surface area contributed by atoms with Gasteiger partial charge in [0.2, 0.25) is 0 Å². The lowest BCUT2D eigenvalue weighted by atomic mass is 10.0. The second-order valence-corrected chi connectivity index (χ2v) is 4.25. The molecular formula is C11H16Cl2N2O. The van der Waals surface area contributed by atoms with Crippen molar-refractivity contribution in [3.63, 3.8) is 0 Å². The Kier molecular flexibility index (Phi) is 5.91. The van der Waals surface area contributed by atoms with Crippen molar-refractivity contribution < 1.29 is 4.74 Å². The molecule has 0 aromatic heterocycles. The van der Waals surface area contributed by atoms with Gasteiger partial charge in [0.15, 0.2) is 0 Å². The van der Waals surface area contributed by atoms with E-state index in [2.05, 4.69) is 5.43 Å². The van der Waals surface area contributed by atoms with E-state index in [1.54, 1.807) is 13.2 Å². The van der Waals surface area contributed by atoms with E-state index >= 15 is 0 Å². The van der Waals surface area contributed by atoms with E-state index in [1.165, 1.54) is 0 Å². The summed E-state index contributed by atoms with van der Waals surface area (Å²) in [7, 11) is 1.63. The Labute approximate surface area is 106 Å². The second kappa shape index (κ2) is 6.97. The van der Waals surface area contributed by atoms with Crippen molar-refractivity contribution in [2.45, 2.75) is 18.9 Å². The fraction of sp³-hybridized carbons (Fsp3) is 0.455. The number of ether oxygens (including phenoxy) is 1. The summed E-state index contributed by atoms with van der Waals surface area (Å²) in [5.41, 5.74) is 3.72. The summed E-state index contributed by atoms with van der Waals surface area (Å²) in [6, 6.07) is 5.49. The molecule has 0 spiro atoms. The Hall–Kier alpha value is -0.480. The minimum atomic E-state index is 0.00685. The zero-order valence-corrected chi connectivity index (χ0v) is 10.7. The Morgan fingerprint density at radius 2 is 2.25 bits per heavy atom. The van der Waals surface area contributed by atoms with Crippen LogP contribution in [0.15, 0.2) is 18.2 Å². The predicted molar refractivity (Wildman–Crippen MR) is 68.0 cm³/mol. The number of hydrazine groups is 1. The van der Waals surface area contributed by atoms with Gasteiger partial charge >= 0.3 is 0 Å². The van der Waals surface area contributed by atoms with Gasteiger partial charge in [0.05, 0.1) is 7.11 Å². The molecule has 3 N–H and O–H groups in total. The van der Waals surface area contributed by atoms with Crippen LogP contribution in [0.2, 0.25) is 5.02 Å². The van der Waals surface area contributed by atoms with Crippen molar-refractivity contribution in [1.29, 1.82) is 0 Å². The first-order valence-corrected chi connectivity index (χ1v) is 5.99. The molecule has 0 heterocycles. The number of rotatable bonds is 6. The summed E-state index contributed by atoms with van der Waals surface area (Å²) in [6.45, 7) is 0. The van der Waals surface area contributed by atoms with Crippen LogP contribution in [-0.2, 0) is 0 Å². The van der Waals surface area contributed by atoms with Gasteiger partial charge in [0.25, 0.3) is 0 Å². The van der Waals surface area contributed by atoms with E-state index < -0.39 is 0 Å². The minimum Gasteiger partial charge on any atom is -0.496 e. The molecule has 0 fully saturated rings. The number of halogens is 2. The van der Waals surface area contributed by atoms with E-state index in [9.17, 15) is 0 Å². The third-order valence-corrected chi connectivity index (χ3v) is 2.90.